The number of hydrogen-bond acceptors (Lipinski definition) is 0. The van der Waals surface area contributed by atoms with Gasteiger partial charge in [0.05, 0.1) is 0 Å². The zero-order chi connectivity index (χ0) is 0. The summed E-state index contributed by atoms with van der Waals surface area (Å²) in [4.78, 5) is 0. The molecule has 0 aromatic carbocycles. The van der Waals surface area contributed by atoms with E-state index in [1.165, 1.54) is 0 Å². The average Bonchev–Trinajstić information content (AvgIpc) is 0. The van der Waals surface area contributed by atoms with Crippen molar-refractivity contribution in [2.75, 3.05) is 0 Å². The van der Waals surface area contributed by atoms with Crippen molar-refractivity contribution in [2.45, 2.75) is 0 Å². The quantitative estimate of drug-likeness (QED) is 0.483. The van der Waals surface area contributed by atoms with Crippen molar-refractivity contribution in [2.24, 2.45) is 0 Å². The Labute approximate surface area is 87.1 Å². The minimum Gasteiger partial charge on any atom is -2.00 e. The van der Waals surface area contributed by atoms with Crippen LogP contribution in [-0.2, 0) is 54.6 Å². The van der Waals surface area contributed by atoms with Crippen LogP contribution in [-0.4, -0.2) is 34.1 Å². The van der Waals surface area contributed by atoms with Gasteiger partial charge in [-0.1, -0.05) is 0 Å². The van der Waals surface area contributed by atoms with Crippen LogP contribution in [0.15, 0.2) is 0 Å². The maximum atomic E-state index is 0. The molecule has 4 heteroatoms. The molecule has 0 saturated carbocycles. The van der Waals surface area contributed by atoms with E-state index >= 15 is 0 Å². The van der Waals surface area contributed by atoms with Crippen LogP contribution in [0, 0.1) is 0 Å². The molecule has 0 N–H and O–H groups in total. The van der Waals surface area contributed by atoms with Crippen molar-refractivity contribution >= 4 is 34.1 Å². The van der Waals surface area contributed by atoms with Crippen molar-refractivity contribution in [1.29, 1.82) is 0 Å². The second-order valence-corrected chi connectivity index (χ2v) is 0. The molecule has 0 aliphatic rings. The summed E-state index contributed by atoms with van der Waals surface area (Å²) in [6.07, 6.45) is 0. The molecule has 0 atom stereocenters. The minimum atomic E-state index is 0. The van der Waals surface area contributed by atoms with E-state index in [1.54, 1.807) is 0 Å². The van der Waals surface area contributed by atoms with Gasteiger partial charge in [-0.05, 0) is 0 Å². The van der Waals surface area contributed by atoms with Gasteiger partial charge in [-0.15, -0.1) is 0 Å². The summed E-state index contributed by atoms with van der Waals surface area (Å²) in [5.41, 5.74) is 0. The Bertz CT molecular complexity index is 4.00. The van der Waals surface area contributed by atoms with Gasteiger partial charge in [-0.3, -0.25) is 0 Å². The van der Waals surface area contributed by atoms with Gasteiger partial charge >= 0.3 is 54.6 Å². The largest absolute Gasteiger partial charge is 2.00 e. The minimum absolute atomic E-state index is 0. The Balaban J connectivity index is 0. The van der Waals surface area contributed by atoms with E-state index < -0.39 is 0 Å². The molecule has 0 aromatic heterocycles. The van der Waals surface area contributed by atoms with Crippen molar-refractivity contribution in [3.05, 3.63) is 0 Å². The summed E-state index contributed by atoms with van der Waals surface area (Å²) >= 11 is 0. The molecular formula is Cd2Se2. The van der Waals surface area contributed by atoms with Crippen LogP contribution < -0.4 is 0 Å². The second kappa shape index (κ2) is 16.9. The molecule has 0 radical (unpaired) electrons. The van der Waals surface area contributed by atoms with Crippen LogP contribution in [0.4, 0.5) is 0 Å². The van der Waals surface area contributed by atoms with Gasteiger partial charge in [-0.25, -0.2) is 0 Å². The first-order chi connectivity index (χ1) is 0. The number of hydrogen-bond donors (Lipinski definition) is 0. The summed E-state index contributed by atoms with van der Waals surface area (Å²) in [6.45, 7) is 0. The SMILES string of the molecule is [Cd+2].[Cd+2].[Se-2].[Se-2]. The van der Waals surface area contributed by atoms with Crippen LogP contribution in [0.25, 0.3) is 0 Å². The molecule has 0 aliphatic carbocycles. The molecule has 0 nitrogen and oxygen atoms in total. The van der Waals surface area contributed by atoms with Crippen LogP contribution in [0.3, 0.4) is 0 Å². The Kier molecular flexibility index (Phi) is 121. The van der Waals surface area contributed by atoms with Crippen molar-refractivity contribution < 1.29 is 54.6 Å². The molecule has 0 saturated heterocycles. The number of rotatable bonds is 0. The zero-order valence-electron chi connectivity index (χ0n) is 2.23. The molecule has 0 rings (SSSR count). The first-order valence-corrected chi connectivity index (χ1v) is 0. The van der Waals surface area contributed by atoms with Gasteiger partial charge < -0.3 is 34.1 Å². The fourth-order valence-corrected chi connectivity index (χ4v) is 0. The molecule has 0 aromatic rings. The molecule has 0 spiro atoms. The van der Waals surface area contributed by atoms with Gasteiger partial charge in [0.1, 0.15) is 0 Å². The summed E-state index contributed by atoms with van der Waals surface area (Å²) < 4.78 is 0. The van der Waals surface area contributed by atoms with Gasteiger partial charge in [0.2, 0.25) is 0 Å². The predicted octanol–water partition coefficient (Wildman–Crippen LogP) is -0.767. The topological polar surface area (TPSA) is 0 Å². The van der Waals surface area contributed by atoms with Crippen LogP contribution in [0.2, 0.25) is 0 Å². The Morgan fingerprint density at radius 2 is 0.500 bits per heavy atom. The summed E-state index contributed by atoms with van der Waals surface area (Å²) in [7, 11) is 0. The van der Waals surface area contributed by atoms with Gasteiger partial charge in [0.25, 0.3) is 0 Å². The van der Waals surface area contributed by atoms with E-state index in [9.17, 15) is 0 Å². The van der Waals surface area contributed by atoms with E-state index in [0.717, 1.165) is 0 Å². The molecular weight excluding hydrogens is 383 g/mol. The van der Waals surface area contributed by atoms with Crippen molar-refractivity contribution in [3.8, 4) is 0 Å². The molecule has 0 bridgehead atoms. The van der Waals surface area contributed by atoms with Gasteiger partial charge in [0, 0.05) is 0 Å². The van der Waals surface area contributed by atoms with Gasteiger partial charge in [-0.2, -0.15) is 0 Å². The second-order valence-electron chi connectivity index (χ2n) is 0. The smallest absolute Gasteiger partial charge is 2.00 e. The fraction of sp³-hybridized carbons (Fsp3) is 0. The van der Waals surface area contributed by atoms with E-state index in [2.05, 4.69) is 0 Å². The van der Waals surface area contributed by atoms with Crippen LogP contribution in [0.5, 0.6) is 0 Å². The van der Waals surface area contributed by atoms with Gasteiger partial charge in [0.15, 0.2) is 0 Å². The van der Waals surface area contributed by atoms with Crippen molar-refractivity contribution in [3.63, 3.8) is 0 Å². The Morgan fingerprint density at radius 3 is 0.500 bits per heavy atom. The Morgan fingerprint density at radius 1 is 0.500 bits per heavy atom. The molecule has 0 unspecified atom stereocenters. The Hall–Kier alpha value is 2.88. The summed E-state index contributed by atoms with van der Waals surface area (Å²) in [6, 6.07) is 0. The molecule has 0 heterocycles. The van der Waals surface area contributed by atoms with E-state index in [0.29, 0.717) is 0 Å². The maximum absolute atomic E-state index is 0. The summed E-state index contributed by atoms with van der Waals surface area (Å²) in [5, 5.41) is 0. The molecule has 0 aliphatic heterocycles. The zero-order valence-corrected chi connectivity index (χ0v) is 13.7. The monoisotopic (exact) mass is 388 g/mol. The first kappa shape index (κ1) is 28.7. The normalized spacial score (nSPS) is 0. The third-order valence-corrected chi connectivity index (χ3v) is 0. The first-order valence-electron chi connectivity index (χ1n) is 0. The average molecular weight is 383 g/mol. The van der Waals surface area contributed by atoms with Crippen molar-refractivity contribution in [1.82, 2.24) is 0 Å². The molecule has 16 valence electrons. The van der Waals surface area contributed by atoms with E-state index in [4.69, 9.17) is 0 Å². The third-order valence-electron chi connectivity index (χ3n) is 0. The van der Waals surface area contributed by atoms with Crippen LogP contribution >= 0.6 is 0 Å². The molecule has 0 fully saturated rings. The molecule has 4 heavy (non-hydrogen) atoms. The van der Waals surface area contributed by atoms with E-state index in [1.807, 2.05) is 0 Å². The predicted molar refractivity (Wildman–Crippen MR) is 11.5 cm³/mol. The molecule has 0 amide bonds. The summed E-state index contributed by atoms with van der Waals surface area (Å²) in [5.74, 6) is 0. The van der Waals surface area contributed by atoms with Crippen LogP contribution in [0.1, 0.15) is 0 Å². The maximum Gasteiger partial charge on any atom is 2.00 e. The standard InChI is InChI=1S/2Cd.2Se/q2*+2;2*-2. The third kappa shape index (κ3) is 8.86. The fourth-order valence-electron chi connectivity index (χ4n) is 0. The van der Waals surface area contributed by atoms with E-state index in [-0.39, 0.29) is 88.7 Å².